The molecule has 1 atom stereocenters. The Kier molecular flexibility index (Phi) is 5.68. The van der Waals surface area contributed by atoms with Crippen molar-refractivity contribution in [2.75, 3.05) is 13.7 Å². The van der Waals surface area contributed by atoms with Crippen LogP contribution in [-0.4, -0.2) is 38.9 Å². The van der Waals surface area contributed by atoms with Gasteiger partial charge in [-0.3, -0.25) is 4.79 Å². The molecule has 6 nitrogen and oxygen atoms in total. The van der Waals surface area contributed by atoms with E-state index in [0.717, 1.165) is 32.1 Å². The molecule has 0 bridgehead atoms. The monoisotopic (exact) mass is 434 g/mol. The van der Waals surface area contributed by atoms with E-state index in [9.17, 15) is 13.2 Å². The van der Waals surface area contributed by atoms with Gasteiger partial charge in [-0.2, -0.15) is 0 Å². The maximum atomic E-state index is 13.2. The number of rotatable bonds is 5. The third-order valence-corrected chi connectivity index (χ3v) is 8.45. The first kappa shape index (κ1) is 20.4. The van der Waals surface area contributed by atoms with Crippen LogP contribution in [0.3, 0.4) is 0 Å². The lowest BCUT2D eigenvalue weighted by molar-refractivity contribution is 0.0679. The molecule has 1 aliphatic heterocycles. The maximum absolute atomic E-state index is 13.2. The van der Waals surface area contributed by atoms with E-state index < -0.39 is 10.0 Å². The minimum atomic E-state index is -3.77. The Hall–Kier alpha value is -1.90. The summed E-state index contributed by atoms with van der Waals surface area (Å²) in [5.41, 5.74) is 1.54. The first-order valence-electron chi connectivity index (χ1n) is 9.98. The number of fused-ring (bicyclic) bond motifs is 1. The zero-order chi connectivity index (χ0) is 20.6. The predicted molar refractivity (Wildman–Crippen MR) is 113 cm³/mol. The highest BCUT2D eigenvalue weighted by molar-refractivity contribution is 7.89. The summed E-state index contributed by atoms with van der Waals surface area (Å²) in [6.07, 6.45) is 4.57. The Bertz CT molecular complexity index is 1010. The third-order valence-electron chi connectivity index (χ3n) is 5.92. The van der Waals surface area contributed by atoms with Gasteiger partial charge in [0.05, 0.1) is 13.2 Å². The fourth-order valence-electron chi connectivity index (χ4n) is 4.30. The third kappa shape index (κ3) is 3.93. The molecular formula is C21H26N2O4S2. The van der Waals surface area contributed by atoms with E-state index in [1.54, 1.807) is 23.5 Å². The van der Waals surface area contributed by atoms with Crippen molar-refractivity contribution in [3.8, 4) is 5.75 Å². The van der Waals surface area contributed by atoms with Crippen molar-refractivity contribution in [3.05, 3.63) is 45.6 Å². The molecule has 156 valence electrons. The molecule has 1 amide bonds. The largest absolute Gasteiger partial charge is 0.495 e. The second-order valence-corrected chi connectivity index (χ2v) is 10.4. The lowest BCUT2D eigenvalue weighted by atomic mass is 10.0. The molecule has 1 N–H and O–H groups in total. The van der Waals surface area contributed by atoms with Gasteiger partial charge in [-0.15, -0.1) is 11.3 Å². The quantitative estimate of drug-likeness (QED) is 0.778. The normalized spacial score (nSPS) is 19.9. The van der Waals surface area contributed by atoms with Crippen molar-refractivity contribution in [2.45, 2.75) is 56.0 Å². The molecule has 2 heterocycles. The number of hydrogen-bond acceptors (Lipinski definition) is 5. The highest BCUT2D eigenvalue weighted by Crippen LogP contribution is 2.34. The Balaban J connectivity index is 1.63. The van der Waals surface area contributed by atoms with Crippen molar-refractivity contribution in [1.82, 2.24) is 9.62 Å². The van der Waals surface area contributed by atoms with Crippen LogP contribution in [0.15, 0.2) is 34.5 Å². The number of sulfonamides is 1. The van der Waals surface area contributed by atoms with E-state index in [2.05, 4.69) is 16.2 Å². The molecule has 8 heteroatoms. The predicted octanol–water partition coefficient (Wildman–Crippen LogP) is 3.74. The van der Waals surface area contributed by atoms with Crippen LogP contribution >= 0.6 is 11.3 Å². The van der Waals surface area contributed by atoms with Crippen LogP contribution in [-0.2, 0) is 16.4 Å². The van der Waals surface area contributed by atoms with Gasteiger partial charge in [0.15, 0.2) is 0 Å². The number of nitrogens with zero attached hydrogens (tertiary/aromatic N) is 1. The Morgan fingerprint density at radius 2 is 2.00 bits per heavy atom. The fraction of sp³-hybridized carbons (Fsp3) is 0.476. The van der Waals surface area contributed by atoms with Crippen molar-refractivity contribution in [2.24, 2.45) is 0 Å². The van der Waals surface area contributed by atoms with Crippen LogP contribution in [0, 0.1) is 0 Å². The van der Waals surface area contributed by atoms with Gasteiger partial charge in [-0.1, -0.05) is 12.8 Å². The van der Waals surface area contributed by atoms with Gasteiger partial charge in [0, 0.05) is 23.0 Å². The van der Waals surface area contributed by atoms with Crippen LogP contribution in [0.5, 0.6) is 5.75 Å². The van der Waals surface area contributed by atoms with Crippen LogP contribution < -0.4 is 9.46 Å². The molecule has 2 aliphatic rings. The van der Waals surface area contributed by atoms with E-state index in [0.29, 0.717) is 12.1 Å². The highest BCUT2D eigenvalue weighted by atomic mass is 32.2. The molecule has 0 radical (unpaired) electrons. The van der Waals surface area contributed by atoms with Crippen molar-refractivity contribution in [1.29, 1.82) is 0 Å². The Morgan fingerprint density at radius 3 is 2.72 bits per heavy atom. The summed E-state index contributed by atoms with van der Waals surface area (Å²) in [4.78, 5) is 16.4. The smallest absolute Gasteiger partial charge is 0.254 e. The second kappa shape index (κ2) is 8.08. The Morgan fingerprint density at radius 1 is 1.24 bits per heavy atom. The molecule has 1 aromatic heterocycles. The fourth-order valence-corrected chi connectivity index (χ4v) is 6.76. The molecule has 0 spiro atoms. The van der Waals surface area contributed by atoms with Crippen molar-refractivity contribution >= 4 is 27.3 Å². The van der Waals surface area contributed by atoms with Crippen LogP contribution in [0.25, 0.3) is 0 Å². The van der Waals surface area contributed by atoms with E-state index in [1.807, 2.05) is 11.8 Å². The van der Waals surface area contributed by atoms with Gasteiger partial charge < -0.3 is 9.64 Å². The number of carbonyl (C=O) groups is 1. The minimum absolute atomic E-state index is 0.0265. The average molecular weight is 435 g/mol. The summed E-state index contributed by atoms with van der Waals surface area (Å²) in [7, 11) is -2.33. The zero-order valence-electron chi connectivity index (χ0n) is 16.7. The molecular weight excluding hydrogens is 408 g/mol. The molecule has 0 saturated heterocycles. The SMILES string of the molecule is COc1ccc(C(=O)N2CCc3sccc3[C@@H]2C)cc1S(=O)(=O)NC1CCCC1. The topological polar surface area (TPSA) is 75.7 Å². The first-order valence-corrected chi connectivity index (χ1v) is 12.3. The van der Waals surface area contributed by atoms with Gasteiger partial charge in [0.1, 0.15) is 10.6 Å². The summed E-state index contributed by atoms with van der Waals surface area (Å²) in [5.74, 6) is 0.0909. The van der Waals surface area contributed by atoms with Gasteiger partial charge in [-0.25, -0.2) is 13.1 Å². The zero-order valence-corrected chi connectivity index (χ0v) is 18.3. The summed E-state index contributed by atoms with van der Waals surface area (Å²) < 4.78 is 34.1. The molecule has 4 rings (SSSR count). The number of hydrogen-bond donors (Lipinski definition) is 1. The number of methoxy groups -OCH3 is 1. The average Bonchev–Trinajstić information content (AvgIpc) is 3.39. The van der Waals surface area contributed by atoms with Crippen LogP contribution in [0.4, 0.5) is 0 Å². The van der Waals surface area contributed by atoms with Gasteiger partial charge >= 0.3 is 0 Å². The highest BCUT2D eigenvalue weighted by Gasteiger charge is 2.31. The summed E-state index contributed by atoms with van der Waals surface area (Å²) in [5, 5.41) is 2.06. The molecule has 29 heavy (non-hydrogen) atoms. The minimum Gasteiger partial charge on any atom is -0.495 e. The van der Waals surface area contributed by atoms with Gasteiger partial charge in [0.25, 0.3) is 5.91 Å². The summed E-state index contributed by atoms with van der Waals surface area (Å²) in [6.45, 7) is 2.65. The first-order chi connectivity index (χ1) is 13.9. The molecule has 2 aromatic rings. The standard InChI is InChI=1S/C21H26N2O4S2/c1-14-17-10-12-28-19(17)9-11-23(14)21(24)15-7-8-18(27-2)20(13-15)29(25,26)22-16-5-3-4-6-16/h7-8,10,12-14,16,22H,3-6,9,11H2,1-2H3/t14-/m0/s1. The van der Waals surface area contributed by atoms with Gasteiger partial charge in [-0.05, 0) is 61.4 Å². The van der Waals surface area contributed by atoms with E-state index in [4.69, 9.17) is 4.74 Å². The number of carbonyl (C=O) groups excluding carboxylic acids is 1. The number of amides is 1. The number of thiophene rings is 1. The van der Waals surface area contributed by atoms with Crippen molar-refractivity contribution in [3.63, 3.8) is 0 Å². The summed E-state index contributed by atoms with van der Waals surface area (Å²) in [6, 6.07) is 6.65. The van der Waals surface area contributed by atoms with E-state index >= 15 is 0 Å². The number of nitrogens with one attached hydrogen (secondary N) is 1. The van der Waals surface area contributed by atoms with E-state index in [-0.39, 0.29) is 28.6 Å². The number of ether oxygens (including phenoxy) is 1. The van der Waals surface area contributed by atoms with Crippen molar-refractivity contribution < 1.29 is 17.9 Å². The second-order valence-electron chi connectivity index (χ2n) is 7.69. The molecule has 1 aliphatic carbocycles. The molecule has 0 unspecified atom stereocenters. The number of benzene rings is 1. The lowest BCUT2D eigenvalue weighted by Crippen LogP contribution is -2.38. The molecule has 1 fully saturated rings. The Labute approximate surface area is 175 Å². The van der Waals surface area contributed by atoms with Gasteiger partial charge in [0.2, 0.25) is 10.0 Å². The lowest BCUT2D eigenvalue weighted by Gasteiger charge is -2.33. The molecule has 1 aromatic carbocycles. The van der Waals surface area contributed by atoms with Crippen LogP contribution in [0.1, 0.15) is 59.4 Å². The summed E-state index contributed by atoms with van der Waals surface area (Å²) >= 11 is 1.72. The molecule has 1 saturated carbocycles. The van der Waals surface area contributed by atoms with E-state index in [1.165, 1.54) is 23.6 Å². The maximum Gasteiger partial charge on any atom is 0.254 e. The van der Waals surface area contributed by atoms with Crippen LogP contribution in [0.2, 0.25) is 0 Å².